The van der Waals surface area contributed by atoms with Gasteiger partial charge in [-0.1, -0.05) is 82.1 Å². The van der Waals surface area contributed by atoms with Crippen LogP contribution >= 0.6 is 31.9 Å². The van der Waals surface area contributed by atoms with Gasteiger partial charge in [-0.3, -0.25) is 9.80 Å². The van der Waals surface area contributed by atoms with Crippen molar-refractivity contribution in [2.24, 2.45) is 0 Å². The molecule has 1 unspecified atom stereocenters. The van der Waals surface area contributed by atoms with Gasteiger partial charge in [0.1, 0.15) is 11.5 Å². The molecule has 0 aliphatic heterocycles. The summed E-state index contributed by atoms with van der Waals surface area (Å²) < 4.78 is 8.66. The van der Waals surface area contributed by atoms with Gasteiger partial charge in [0.15, 0.2) is 0 Å². The fourth-order valence-corrected chi connectivity index (χ4v) is 5.82. The monoisotopic (exact) mass is 651 g/mol. The predicted octanol–water partition coefficient (Wildman–Crippen LogP) is 8.60. The molecule has 4 rings (SSSR count). The van der Waals surface area contributed by atoms with Crippen LogP contribution in [0.2, 0.25) is 0 Å². The Morgan fingerprint density at radius 2 is 1.49 bits per heavy atom. The highest BCUT2D eigenvalue weighted by Crippen LogP contribution is 2.36. The van der Waals surface area contributed by atoms with E-state index in [1.807, 2.05) is 0 Å². The molecule has 0 fully saturated rings. The molecule has 0 N–H and O–H groups in total. The van der Waals surface area contributed by atoms with Crippen molar-refractivity contribution in [3.63, 3.8) is 0 Å². The van der Waals surface area contributed by atoms with E-state index >= 15 is 0 Å². The van der Waals surface area contributed by atoms with Crippen LogP contribution in [0.1, 0.15) is 48.1 Å². The van der Waals surface area contributed by atoms with E-state index in [9.17, 15) is 0 Å². The number of rotatable bonds is 12. The van der Waals surface area contributed by atoms with Gasteiger partial charge < -0.3 is 9.32 Å². The number of furan rings is 1. The van der Waals surface area contributed by atoms with Gasteiger partial charge in [0.05, 0.1) is 12.6 Å². The lowest BCUT2D eigenvalue weighted by Crippen LogP contribution is -2.25. The normalized spacial score (nSPS) is 12.6. The number of hydrogen-bond acceptors (Lipinski definition) is 4. The van der Waals surface area contributed by atoms with Crippen LogP contribution in [-0.4, -0.2) is 48.9 Å². The molecule has 0 amide bonds. The molecule has 0 radical (unpaired) electrons. The second kappa shape index (κ2) is 13.9. The van der Waals surface area contributed by atoms with Crippen LogP contribution in [0.4, 0.5) is 0 Å². The van der Waals surface area contributed by atoms with Crippen molar-refractivity contribution < 1.29 is 4.42 Å². The molecule has 4 aromatic rings. The van der Waals surface area contributed by atoms with Gasteiger partial charge in [0, 0.05) is 22.0 Å². The van der Waals surface area contributed by atoms with Crippen molar-refractivity contribution in [2.45, 2.75) is 39.5 Å². The lowest BCUT2D eigenvalue weighted by molar-refractivity contribution is 0.240. The minimum atomic E-state index is 0.00773. The summed E-state index contributed by atoms with van der Waals surface area (Å²) in [4.78, 5) is 6.96. The van der Waals surface area contributed by atoms with Crippen molar-refractivity contribution >= 4 is 31.9 Å². The van der Waals surface area contributed by atoms with Gasteiger partial charge in [0.2, 0.25) is 0 Å². The maximum atomic E-state index is 6.51. The number of benzene rings is 3. The lowest BCUT2D eigenvalue weighted by atomic mass is 9.94. The van der Waals surface area contributed by atoms with E-state index in [4.69, 9.17) is 4.42 Å². The number of hydrogen-bond donors (Lipinski definition) is 0. The molecule has 6 heteroatoms. The predicted molar refractivity (Wildman–Crippen MR) is 170 cm³/mol. The Kier molecular flexibility index (Phi) is 10.6. The molecule has 4 nitrogen and oxygen atoms in total. The van der Waals surface area contributed by atoms with Gasteiger partial charge in [-0.05, 0) is 105 Å². The van der Waals surface area contributed by atoms with Crippen molar-refractivity contribution in [1.29, 1.82) is 0 Å². The molecule has 0 saturated heterocycles. The van der Waals surface area contributed by atoms with Crippen molar-refractivity contribution in [3.8, 4) is 11.1 Å². The van der Waals surface area contributed by atoms with Crippen molar-refractivity contribution in [1.82, 2.24) is 14.7 Å². The van der Waals surface area contributed by atoms with E-state index in [1.165, 1.54) is 27.8 Å². The zero-order valence-electron chi connectivity index (χ0n) is 23.6. The molecule has 0 spiro atoms. The first kappa shape index (κ1) is 29.8. The first-order valence-corrected chi connectivity index (χ1v) is 15.1. The summed E-state index contributed by atoms with van der Waals surface area (Å²) in [5, 5.41) is 0. The van der Waals surface area contributed by atoms with Crippen LogP contribution in [0, 0.1) is 0 Å². The highest BCUT2D eigenvalue weighted by atomic mass is 79.9. The van der Waals surface area contributed by atoms with Gasteiger partial charge >= 0.3 is 0 Å². The summed E-state index contributed by atoms with van der Waals surface area (Å²) >= 11 is 7.53. The van der Waals surface area contributed by atoms with Crippen LogP contribution < -0.4 is 0 Å². The summed E-state index contributed by atoms with van der Waals surface area (Å²) in [6.45, 7) is 8.83. The Morgan fingerprint density at radius 1 is 0.718 bits per heavy atom. The van der Waals surface area contributed by atoms with Gasteiger partial charge in [0.25, 0.3) is 0 Å². The molecule has 1 atom stereocenters. The molecular formula is C33H39Br2N3O. The summed E-state index contributed by atoms with van der Waals surface area (Å²) in [5.41, 5.74) is 6.26. The Balaban J connectivity index is 1.65. The van der Waals surface area contributed by atoms with Crippen LogP contribution in [0.3, 0.4) is 0 Å². The molecule has 39 heavy (non-hydrogen) atoms. The zero-order valence-corrected chi connectivity index (χ0v) is 26.8. The van der Waals surface area contributed by atoms with Crippen LogP contribution in [0.25, 0.3) is 11.1 Å². The second-order valence-electron chi connectivity index (χ2n) is 10.3. The fourth-order valence-electron chi connectivity index (χ4n) is 4.95. The topological polar surface area (TPSA) is 22.9 Å². The average molecular weight is 654 g/mol. The molecule has 0 aliphatic rings. The summed E-state index contributed by atoms with van der Waals surface area (Å²) in [7, 11) is 6.46. The van der Waals surface area contributed by atoms with Gasteiger partial charge in [-0.2, -0.15) is 0 Å². The smallest absolute Gasteiger partial charge is 0.125 e. The molecule has 0 saturated carbocycles. The van der Waals surface area contributed by atoms with E-state index in [0.29, 0.717) is 0 Å². The highest BCUT2D eigenvalue weighted by molar-refractivity contribution is 9.10. The summed E-state index contributed by atoms with van der Waals surface area (Å²) in [5.74, 6) is 1.94. The number of nitrogens with zero attached hydrogens (tertiary/aromatic N) is 3. The quantitative estimate of drug-likeness (QED) is 0.153. The maximum absolute atomic E-state index is 6.51. The Bertz CT molecular complexity index is 1350. The highest BCUT2D eigenvalue weighted by Gasteiger charge is 2.24. The fraction of sp³-hybridized carbons (Fsp3) is 0.333. The molecule has 3 aromatic carbocycles. The SMILES string of the molecule is CCN(C)Cc1ccc(Br)cc1-c1cc(Br)cc(C(c2ccc(CN(C)Cc3ccccc3)o2)N(C)CC)c1. The second-order valence-corrected chi connectivity index (χ2v) is 12.2. The standard InChI is InChI=1S/C33H39Br2N3O/c1-6-36(3)22-25-13-14-28(34)20-31(25)26-17-27(19-29(35)18-26)33(38(5)7-2)32-16-15-30(39-32)23-37(4)21-24-11-9-8-10-12-24/h8-20,33H,6-7,21-23H2,1-5H3. The Hall–Kier alpha value is -2.22. The zero-order chi connectivity index (χ0) is 27.9. The summed E-state index contributed by atoms with van der Waals surface area (Å²) in [6.07, 6.45) is 0. The van der Waals surface area contributed by atoms with Gasteiger partial charge in [-0.15, -0.1) is 0 Å². The molecule has 0 aliphatic carbocycles. The molecule has 1 aromatic heterocycles. The van der Waals surface area contributed by atoms with Crippen LogP contribution in [0.15, 0.2) is 92.2 Å². The van der Waals surface area contributed by atoms with E-state index in [1.54, 1.807) is 0 Å². The average Bonchev–Trinajstić information content (AvgIpc) is 3.37. The van der Waals surface area contributed by atoms with Crippen LogP contribution in [-0.2, 0) is 19.6 Å². The summed E-state index contributed by atoms with van der Waals surface area (Å²) in [6, 6.07) is 28.2. The molecule has 0 bridgehead atoms. The lowest BCUT2D eigenvalue weighted by Gasteiger charge is -2.27. The maximum Gasteiger partial charge on any atom is 0.125 e. The van der Waals surface area contributed by atoms with E-state index in [0.717, 1.165) is 53.2 Å². The van der Waals surface area contributed by atoms with E-state index in [-0.39, 0.29) is 6.04 Å². The van der Waals surface area contributed by atoms with Gasteiger partial charge in [-0.25, -0.2) is 0 Å². The number of halogens is 2. The molecule has 206 valence electrons. The third-order valence-corrected chi connectivity index (χ3v) is 8.16. The third-order valence-electron chi connectivity index (χ3n) is 7.21. The third kappa shape index (κ3) is 7.92. The van der Waals surface area contributed by atoms with Crippen molar-refractivity contribution in [3.05, 3.63) is 116 Å². The minimum Gasteiger partial charge on any atom is -0.463 e. The Labute approximate surface area is 250 Å². The van der Waals surface area contributed by atoms with Crippen molar-refractivity contribution in [2.75, 3.05) is 34.2 Å². The van der Waals surface area contributed by atoms with Crippen LogP contribution in [0.5, 0.6) is 0 Å². The van der Waals surface area contributed by atoms with E-state index in [2.05, 4.69) is 160 Å². The van der Waals surface area contributed by atoms with E-state index < -0.39 is 0 Å². The first-order chi connectivity index (χ1) is 18.8. The Morgan fingerprint density at radius 3 is 2.21 bits per heavy atom. The first-order valence-electron chi connectivity index (χ1n) is 13.6. The minimum absolute atomic E-state index is 0.00773. The molecular weight excluding hydrogens is 614 g/mol. The largest absolute Gasteiger partial charge is 0.463 e. The molecule has 1 heterocycles.